The van der Waals surface area contributed by atoms with Crippen molar-refractivity contribution in [1.29, 1.82) is 5.26 Å². The molecule has 3 rings (SSSR count). The highest BCUT2D eigenvalue weighted by Crippen LogP contribution is 2.41. The highest BCUT2D eigenvalue weighted by molar-refractivity contribution is 6.31. The number of nitrogens with one attached hydrogen (secondary N) is 1. The number of halogens is 2. The summed E-state index contributed by atoms with van der Waals surface area (Å²) >= 11 is 5.75. The number of hydrogen-bond donors (Lipinski definition) is 2. The largest absolute Gasteiger partial charge is 0.465 e. The summed E-state index contributed by atoms with van der Waals surface area (Å²) in [5.41, 5.74) is -0.229. The second-order valence-corrected chi connectivity index (χ2v) is 5.67. The Hall–Kier alpha value is -2.07. The van der Waals surface area contributed by atoms with Crippen LogP contribution in [0.5, 0.6) is 0 Å². The van der Waals surface area contributed by atoms with Gasteiger partial charge in [0.2, 0.25) is 0 Å². The van der Waals surface area contributed by atoms with E-state index in [4.69, 9.17) is 22.0 Å². The SMILES string of the molecule is N#Cc1c(Cl)cnc(N2C[C@@H]3CC[C@H]2[C@@H]3NC(=O)O)c1F. The van der Waals surface area contributed by atoms with Crippen LogP contribution in [-0.4, -0.2) is 34.8 Å². The quantitative estimate of drug-likeness (QED) is 0.872. The number of nitriles is 1. The Morgan fingerprint density at radius 1 is 1.62 bits per heavy atom. The van der Waals surface area contributed by atoms with Gasteiger partial charge in [-0.15, -0.1) is 0 Å². The Labute approximate surface area is 125 Å². The van der Waals surface area contributed by atoms with Gasteiger partial charge in [0, 0.05) is 12.7 Å². The average molecular weight is 311 g/mol. The second-order valence-electron chi connectivity index (χ2n) is 5.26. The number of carboxylic acid groups (broad SMARTS) is 1. The van der Waals surface area contributed by atoms with Gasteiger partial charge in [-0.05, 0) is 18.8 Å². The minimum Gasteiger partial charge on any atom is -0.465 e. The van der Waals surface area contributed by atoms with Crippen molar-refractivity contribution in [1.82, 2.24) is 10.3 Å². The summed E-state index contributed by atoms with van der Waals surface area (Å²) in [5, 5.41) is 20.3. The third kappa shape index (κ3) is 2.16. The van der Waals surface area contributed by atoms with Gasteiger partial charge in [0.25, 0.3) is 0 Å². The van der Waals surface area contributed by atoms with Crippen molar-refractivity contribution in [3.8, 4) is 6.07 Å². The van der Waals surface area contributed by atoms with Crippen molar-refractivity contribution in [3.63, 3.8) is 0 Å². The van der Waals surface area contributed by atoms with E-state index in [1.54, 1.807) is 11.0 Å². The Kier molecular flexibility index (Phi) is 3.33. The smallest absolute Gasteiger partial charge is 0.404 e. The van der Waals surface area contributed by atoms with E-state index in [1.807, 2.05) is 0 Å². The van der Waals surface area contributed by atoms with Crippen molar-refractivity contribution in [2.45, 2.75) is 24.9 Å². The molecule has 0 aromatic carbocycles. The number of carbonyl (C=O) groups is 1. The van der Waals surface area contributed by atoms with Crippen LogP contribution < -0.4 is 10.2 Å². The van der Waals surface area contributed by atoms with Crippen molar-refractivity contribution >= 4 is 23.5 Å². The predicted octanol–water partition coefficient (Wildman–Crippen LogP) is 1.98. The first-order valence-corrected chi connectivity index (χ1v) is 6.91. The standard InChI is InChI=1S/C13H12ClFN4O2/c14-8-4-17-12(10(15)7(8)3-16)19-5-6-1-2-9(19)11(6)18-13(20)21/h4,6,9,11,18H,1-2,5H2,(H,20,21)/t6-,9-,11+/m0/s1. The number of amides is 1. The molecule has 1 saturated heterocycles. The predicted molar refractivity (Wildman–Crippen MR) is 72.7 cm³/mol. The van der Waals surface area contributed by atoms with Crippen molar-refractivity contribution in [3.05, 3.63) is 22.6 Å². The van der Waals surface area contributed by atoms with Crippen LogP contribution in [0.15, 0.2) is 6.20 Å². The fourth-order valence-corrected chi connectivity index (χ4v) is 3.53. The van der Waals surface area contributed by atoms with E-state index in [1.165, 1.54) is 6.20 Å². The van der Waals surface area contributed by atoms with Gasteiger partial charge in [-0.2, -0.15) is 5.26 Å². The number of hydrogen-bond acceptors (Lipinski definition) is 4. The molecule has 1 aromatic rings. The lowest BCUT2D eigenvalue weighted by atomic mass is 10.1. The molecule has 3 atom stereocenters. The molecule has 0 radical (unpaired) electrons. The molecule has 2 heterocycles. The van der Waals surface area contributed by atoms with Gasteiger partial charge in [-0.25, -0.2) is 14.2 Å². The van der Waals surface area contributed by atoms with Crippen molar-refractivity contribution in [2.75, 3.05) is 11.4 Å². The molecular weight excluding hydrogens is 299 g/mol. The van der Waals surface area contributed by atoms with Gasteiger partial charge < -0.3 is 15.3 Å². The number of piperidine rings is 1. The third-order valence-corrected chi connectivity index (χ3v) is 4.50. The van der Waals surface area contributed by atoms with Crippen molar-refractivity contribution in [2.24, 2.45) is 5.92 Å². The normalized spacial score (nSPS) is 26.7. The summed E-state index contributed by atoms with van der Waals surface area (Å²) in [7, 11) is 0. The molecule has 1 aliphatic heterocycles. The minimum absolute atomic E-state index is 0.0247. The first kappa shape index (κ1) is 13.9. The minimum atomic E-state index is -1.08. The Bertz CT molecular complexity index is 648. The molecular formula is C13H12ClFN4O2. The van der Waals surface area contributed by atoms with Gasteiger partial charge >= 0.3 is 6.09 Å². The number of rotatable bonds is 2. The molecule has 1 saturated carbocycles. The molecule has 1 aliphatic carbocycles. The number of anilines is 1. The molecule has 2 N–H and O–H groups in total. The summed E-state index contributed by atoms with van der Waals surface area (Å²) in [6.45, 7) is 0.520. The highest BCUT2D eigenvalue weighted by Gasteiger charge is 2.48. The molecule has 21 heavy (non-hydrogen) atoms. The van der Waals surface area contributed by atoms with E-state index >= 15 is 0 Å². The molecule has 1 amide bonds. The zero-order valence-electron chi connectivity index (χ0n) is 10.9. The summed E-state index contributed by atoms with van der Waals surface area (Å²) in [6.07, 6.45) is 1.83. The number of aromatic nitrogens is 1. The number of fused-ring (bicyclic) bond motifs is 2. The fraction of sp³-hybridized carbons (Fsp3) is 0.462. The van der Waals surface area contributed by atoms with E-state index in [-0.39, 0.29) is 34.4 Å². The lowest BCUT2D eigenvalue weighted by Gasteiger charge is -2.28. The fourth-order valence-electron chi connectivity index (χ4n) is 3.36. The van der Waals surface area contributed by atoms with E-state index in [9.17, 15) is 9.18 Å². The molecule has 2 bridgehead atoms. The van der Waals surface area contributed by atoms with Crippen LogP contribution in [0.4, 0.5) is 15.0 Å². The maximum absolute atomic E-state index is 14.4. The van der Waals surface area contributed by atoms with Crippen LogP contribution in [0.25, 0.3) is 0 Å². The van der Waals surface area contributed by atoms with Gasteiger partial charge in [0.1, 0.15) is 11.6 Å². The van der Waals surface area contributed by atoms with E-state index in [0.29, 0.717) is 6.54 Å². The summed E-state index contributed by atoms with van der Waals surface area (Å²) in [5.74, 6) is -0.541. The lowest BCUT2D eigenvalue weighted by Crippen LogP contribution is -2.43. The third-order valence-electron chi connectivity index (χ3n) is 4.22. The summed E-state index contributed by atoms with van der Waals surface area (Å²) < 4.78 is 14.4. The van der Waals surface area contributed by atoms with Crippen LogP contribution >= 0.6 is 11.6 Å². The van der Waals surface area contributed by atoms with Crippen LogP contribution in [0.3, 0.4) is 0 Å². The van der Waals surface area contributed by atoms with Crippen LogP contribution in [0, 0.1) is 23.1 Å². The monoisotopic (exact) mass is 310 g/mol. The van der Waals surface area contributed by atoms with Gasteiger partial charge in [0.15, 0.2) is 11.6 Å². The molecule has 8 heteroatoms. The number of nitrogens with zero attached hydrogens (tertiary/aromatic N) is 3. The Morgan fingerprint density at radius 3 is 3.05 bits per heavy atom. The second kappa shape index (κ2) is 5.04. The molecule has 2 aliphatic rings. The molecule has 2 fully saturated rings. The van der Waals surface area contributed by atoms with Crippen molar-refractivity contribution < 1.29 is 14.3 Å². The molecule has 0 spiro atoms. The van der Waals surface area contributed by atoms with Crippen LogP contribution in [0.2, 0.25) is 5.02 Å². The molecule has 110 valence electrons. The summed E-state index contributed by atoms with van der Waals surface area (Å²) in [6, 6.07) is 1.36. The average Bonchev–Trinajstić information content (AvgIpc) is 2.96. The van der Waals surface area contributed by atoms with Gasteiger partial charge in [-0.3, -0.25) is 0 Å². The maximum Gasteiger partial charge on any atom is 0.404 e. The van der Waals surface area contributed by atoms with E-state index in [0.717, 1.165) is 12.8 Å². The molecule has 6 nitrogen and oxygen atoms in total. The van der Waals surface area contributed by atoms with Crippen LogP contribution in [0.1, 0.15) is 18.4 Å². The van der Waals surface area contributed by atoms with Gasteiger partial charge in [-0.1, -0.05) is 11.6 Å². The maximum atomic E-state index is 14.4. The molecule has 1 aromatic heterocycles. The topological polar surface area (TPSA) is 89.3 Å². The van der Waals surface area contributed by atoms with Crippen LogP contribution in [-0.2, 0) is 0 Å². The van der Waals surface area contributed by atoms with E-state index < -0.39 is 11.9 Å². The molecule has 0 unspecified atom stereocenters. The number of pyridine rings is 1. The van der Waals surface area contributed by atoms with Gasteiger partial charge in [0.05, 0.1) is 17.1 Å². The lowest BCUT2D eigenvalue weighted by molar-refractivity contribution is 0.188. The first-order valence-electron chi connectivity index (χ1n) is 6.53. The zero-order chi connectivity index (χ0) is 15.1. The highest BCUT2D eigenvalue weighted by atomic mass is 35.5. The Morgan fingerprint density at radius 2 is 2.38 bits per heavy atom. The zero-order valence-corrected chi connectivity index (χ0v) is 11.6. The first-order chi connectivity index (χ1) is 10.0. The van der Waals surface area contributed by atoms with E-state index in [2.05, 4.69) is 10.3 Å². The Balaban J connectivity index is 1.93. The summed E-state index contributed by atoms with van der Waals surface area (Å²) in [4.78, 5) is 16.6.